The predicted octanol–water partition coefficient (Wildman–Crippen LogP) is 4.45. The van der Waals surface area contributed by atoms with Crippen LogP contribution >= 0.6 is 27.5 Å². The summed E-state index contributed by atoms with van der Waals surface area (Å²) in [7, 11) is -3.77. The molecule has 0 fully saturated rings. The number of carbonyl (C=O) groups is 2. The van der Waals surface area contributed by atoms with Gasteiger partial charge in [0.25, 0.3) is 0 Å². The van der Waals surface area contributed by atoms with E-state index in [1.807, 2.05) is 20.8 Å². The quantitative estimate of drug-likeness (QED) is 0.431. The summed E-state index contributed by atoms with van der Waals surface area (Å²) in [5.41, 5.74) is 1.02. The van der Waals surface area contributed by atoms with E-state index in [9.17, 15) is 18.0 Å². The topological polar surface area (TPSA) is 86.8 Å². The Morgan fingerprint density at radius 3 is 2.24 bits per heavy atom. The second-order valence-corrected chi connectivity index (χ2v) is 11.7. The molecule has 0 aliphatic carbocycles. The van der Waals surface area contributed by atoms with Crippen molar-refractivity contribution in [3.05, 3.63) is 63.6 Å². The van der Waals surface area contributed by atoms with Crippen molar-refractivity contribution >= 4 is 55.1 Å². The number of halogens is 2. The van der Waals surface area contributed by atoms with Crippen LogP contribution < -0.4 is 9.62 Å². The van der Waals surface area contributed by atoms with Crippen molar-refractivity contribution in [2.45, 2.75) is 39.8 Å². The molecule has 2 aromatic carbocycles. The first-order chi connectivity index (χ1) is 15.9. The summed E-state index contributed by atoms with van der Waals surface area (Å²) < 4.78 is 27.0. The van der Waals surface area contributed by atoms with Gasteiger partial charge in [-0.3, -0.25) is 13.9 Å². The third kappa shape index (κ3) is 7.99. The normalized spacial score (nSPS) is 12.3. The molecule has 186 valence electrons. The molecule has 0 unspecified atom stereocenters. The molecule has 1 atom stereocenters. The maximum absolute atomic E-state index is 13.6. The second-order valence-electron chi connectivity index (χ2n) is 8.42. The summed E-state index contributed by atoms with van der Waals surface area (Å²) in [6, 6.07) is 12.9. The van der Waals surface area contributed by atoms with E-state index in [4.69, 9.17) is 11.6 Å². The van der Waals surface area contributed by atoms with Gasteiger partial charge in [0.2, 0.25) is 21.8 Å². The van der Waals surface area contributed by atoms with E-state index in [0.29, 0.717) is 29.2 Å². The molecule has 0 bridgehead atoms. The van der Waals surface area contributed by atoms with E-state index in [0.717, 1.165) is 15.0 Å². The molecular formula is C24H31BrClN3O4S. The van der Waals surface area contributed by atoms with Gasteiger partial charge in [-0.1, -0.05) is 66.5 Å². The summed E-state index contributed by atoms with van der Waals surface area (Å²) in [5, 5.41) is 3.35. The van der Waals surface area contributed by atoms with Gasteiger partial charge in [-0.25, -0.2) is 8.42 Å². The minimum absolute atomic E-state index is 0.0735. The van der Waals surface area contributed by atoms with Crippen LogP contribution in [0.4, 0.5) is 5.69 Å². The SMILES string of the molecule is CC[C@@H](C(=O)NCC(C)C)N(Cc1ccccc1Cl)C(=O)CN(c1ccc(Br)cc1)S(C)(=O)=O. The van der Waals surface area contributed by atoms with E-state index in [1.54, 1.807) is 48.5 Å². The molecule has 2 aromatic rings. The van der Waals surface area contributed by atoms with Crippen molar-refractivity contribution in [3.8, 4) is 0 Å². The van der Waals surface area contributed by atoms with Crippen molar-refractivity contribution in [2.75, 3.05) is 23.7 Å². The highest BCUT2D eigenvalue weighted by molar-refractivity contribution is 9.10. The average Bonchev–Trinajstić information content (AvgIpc) is 2.77. The molecule has 2 rings (SSSR count). The minimum Gasteiger partial charge on any atom is -0.354 e. The zero-order chi connectivity index (χ0) is 25.5. The first kappa shape index (κ1) is 28.1. The third-order valence-corrected chi connectivity index (χ3v) is 7.20. The van der Waals surface area contributed by atoms with Crippen molar-refractivity contribution in [1.29, 1.82) is 0 Å². The van der Waals surface area contributed by atoms with Crippen molar-refractivity contribution < 1.29 is 18.0 Å². The van der Waals surface area contributed by atoms with Gasteiger partial charge in [-0.05, 0) is 48.2 Å². The van der Waals surface area contributed by atoms with Gasteiger partial charge in [0.15, 0.2) is 0 Å². The lowest BCUT2D eigenvalue weighted by Gasteiger charge is -2.33. The van der Waals surface area contributed by atoms with Crippen LogP contribution in [0.1, 0.15) is 32.8 Å². The third-order valence-electron chi connectivity index (χ3n) is 5.16. The molecule has 10 heteroatoms. The highest BCUT2D eigenvalue weighted by Gasteiger charge is 2.32. The van der Waals surface area contributed by atoms with E-state index < -0.39 is 28.5 Å². The molecule has 0 aliphatic heterocycles. The van der Waals surface area contributed by atoms with E-state index in [1.165, 1.54) is 4.90 Å². The number of carbonyl (C=O) groups excluding carboxylic acids is 2. The molecule has 0 aromatic heterocycles. The second kappa shape index (κ2) is 12.6. The lowest BCUT2D eigenvalue weighted by molar-refractivity contribution is -0.140. The lowest BCUT2D eigenvalue weighted by Crippen LogP contribution is -2.52. The summed E-state index contributed by atoms with van der Waals surface area (Å²) >= 11 is 9.67. The number of benzene rings is 2. The first-order valence-corrected chi connectivity index (χ1v) is 14.0. The minimum atomic E-state index is -3.77. The van der Waals surface area contributed by atoms with Crippen LogP contribution in [0.5, 0.6) is 0 Å². The Kier molecular flexibility index (Phi) is 10.4. The van der Waals surface area contributed by atoms with Crippen molar-refractivity contribution in [3.63, 3.8) is 0 Å². The van der Waals surface area contributed by atoms with E-state index in [2.05, 4.69) is 21.2 Å². The predicted molar refractivity (Wildman–Crippen MR) is 140 cm³/mol. The zero-order valence-electron chi connectivity index (χ0n) is 19.8. The summed E-state index contributed by atoms with van der Waals surface area (Å²) in [6.07, 6.45) is 1.41. The van der Waals surface area contributed by atoms with Gasteiger partial charge in [-0.2, -0.15) is 0 Å². The Labute approximate surface area is 215 Å². The smallest absolute Gasteiger partial charge is 0.244 e. The lowest BCUT2D eigenvalue weighted by atomic mass is 10.1. The van der Waals surface area contributed by atoms with E-state index >= 15 is 0 Å². The molecule has 0 radical (unpaired) electrons. The fourth-order valence-electron chi connectivity index (χ4n) is 3.37. The van der Waals surface area contributed by atoms with Crippen LogP contribution in [0, 0.1) is 5.92 Å². The van der Waals surface area contributed by atoms with Gasteiger partial charge < -0.3 is 10.2 Å². The fourth-order valence-corrected chi connectivity index (χ4v) is 4.68. The van der Waals surface area contributed by atoms with Crippen molar-refractivity contribution in [1.82, 2.24) is 10.2 Å². The number of amides is 2. The number of hydrogen-bond donors (Lipinski definition) is 1. The zero-order valence-corrected chi connectivity index (χ0v) is 23.0. The molecule has 7 nitrogen and oxygen atoms in total. The van der Waals surface area contributed by atoms with Gasteiger partial charge >= 0.3 is 0 Å². The average molecular weight is 573 g/mol. The fraction of sp³-hybridized carbons (Fsp3) is 0.417. The van der Waals surface area contributed by atoms with Crippen LogP contribution in [0.3, 0.4) is 0 Å². The first-order valence-electron chi connectivity index (χ1n) is 11.0. The monoisotopic (exact) mass is 571 g/mol. The number of nitrogens with one attached hydrogen (secondary N) is 1. The molecule has 2 amide bonds. The maximum Gasteiger partial charge on any atom is 0.244 e. The molecule has 1 N–H and O–H groups in total. The van der Waals surface area contributed by atoms with Crippen molar-refractivity contribution in [2.24, 2.45) is 5.92 Å². The molecule has 0 aliphatic rings. The summed E-state index contributed by atoms with van der Waals surface area (Å²) in [6.45, 7) is 5.88. The molecule has 0 saturated heterocycles. The number of hydrogen-bond acceptors (Lipinski definition) is 4. The highest BCUT2D eigenvalue weighted by atomic mass is 79.9. The van der Waals surface area contributed by atoms with Gasteiger partial charge in [0.05, 0.1) is 11.9 Å². The van der Waals surface area contributed by atoms with E-state index in [-0.39, 0.29) is 18.4 Å². The summed E-state index contributed by atoms with van der Waals surface area (Å²) in [4.78, 5) is 28.0. The number of nitrogens with zero attached hydrogens (tertiary/aromatic N) is 2. The van der Waals surface area contributed by atoms with Crippen LogP contribution in [-0.2, 0) is 26.2 Å². The molecule has 34 heavy (non-hydrogen) atoms. The summed E-state index contributed by atoms with van der Waals surface area (Å²) in [5.74, 6) is -0.543. The van der Waals surface area contributed by atoms with Crippen LogP contribution in [-0.4, -0.2) is 50.5 Å². The number of anilines is 1. The Bertz CT molecular complexity index is 1090. The molecule has 0 spiro atoms. The highest BCUT2D eigenvalue weighted by Crippen LogP contribution is 2.23. The Balaban J connectivity index is 2.42. The van der Waals surface area contributed by atoms with Crippen LogP contribution in [0.2, 0.25) is 5.02 Å². The largest absolute Gasteiger partial charge is 0.354 e. The van der Waals surface area contributed by atoms with Crippen LogP contribution in [0.15, 0.2) is 53.0 Å². The Morgan fingerprint density at radius 2 is 1.71 bits per heavy atom. The molecular weight excluding hydrogens is 542 g/mol. The molecule has 0 saturated carbocycles. The van der Waals surface area contributed by atoms with Crippen LogP contribution in [0.25, 0.3) is 0 Å². The maximum atomic E-state index is 13.6. The van der Waals surface area contributed by atoms with Gasteiger partial charge in [0, 0.05) is 22.6 Å². The Morgan fingerprint density at radius 1 is 1.09 bits per heavy atom. The number of rotatable bonds is 11. The number of sulfonamides is 1. The Hall–Kier alpha value is -2.10. The van der Waals surface area contributed by atoms with Gasteiger partial charge in [-0.15, -0.1) is 0 Å². The molecule has 0 heterocycles. The van der Waals surface area contributed by atoms with Gasteiger partial charge in [0.1, 0.15) is 12.6 Å². The standard InChI is InChI=1S/C24H31BrClN3O4S/c1-5-22(24(31)27-14-17(2)3)28(15-18-8-6-7-9-21(18)26)23(30)16-29(34(4,32)33)20-12-10-19(25)11-13-20/h6-13,17,22H,5,14-16H2,1-4H3,(H,27,31)/t22-/m0/s1.